The van der Waals surface area contributed by atoms with E-state index in [0.717, 1.165) is 27.4 Å². The zero-order valence-corrected chi connectivity index (χ0v) is 9.95. The third-order valence-corrected chi connectivity index (χ3v) is 3.15. The standard InChI is InChI=1S/C15H9N3O/c1-2-6-13-10(4-1)8-12-11(15-18-16-9-19-15)5-3-7-14(12)17-13/h1-9H. The molecule has 0 spiro atoms. The second-order valence-electron chi connectivity index (χ2n) is 4.30. The first-order valence-corrected chi connectivity index (χ1v) is 5.97. The monoisotopic (exact) mass is 247 g/mol. The summed E-state index contributed by atoms with van der Waals surface area (Å²) in [7, 11) is 0. The Kier molecular flexibility index (Phi) is 2.08. The second-order valence-corrected chi connectivity index (χ2v) is 4.30. The van der Waals surface area contributed by atoms with Crippen LogP contribution in [0.5, 0.6) is 0 Å². The Morgan fingerprint density at radius 2 is 1.79 bits per heavy atom. The molecule has 0 saturated heterocycles. The SMILES string of the molecule is c1ccc2nc3cccc(-c4nnco4)c3cc2c1. The van der Waals surface area contributed by atoms with Gasteiger partial charge >= 0.3 is 0 Å². The number of para-hydroxylation sites is 1. The molecular weight excluding hydrogens is 238 g/mol. The molecule has 2 aromatic carbocycles. The van der Waals surface area contributed by atoms with Crippen LogP contribution in [0.1, 0.15) is 0 Å². The van der Waals surface area contributed by atoms with E-state index in [-0.39, 0.29) is 0 Å². The minimum atomic E-state index is 0.516. The summed E-state index contributed by atoms with van der Waals surface area (Å²) in [5.41, 5.74) is 2.82. The summed E-state index contributed by atoms with van der Waals surface area (Å²) in [6.07, 6.45) is 1.34. The molecule has 0 radical (unpaired) electrons. The minimum absolute atomic E-state index is 0.516. The van der Waals surface area contributed by atoms with Gasteiger partial charge in [0, 0.05) is 16.3 Å². The molecule has 4 rings (SSSR count). The highest BCUT2D eigenvalue weighted by molar-refractivity contribution is 5.99. The largest absolute Gasteiger partial charge is 0.423 e. The van der Waals surface area contributed by atoms with Crippen molar-refractivity contribution in [1.29, 1.82) is 0 Å². The van der Waals surface area contributed by atoms with Gasteiger partial charge in [0.15, 0.2) is 0 Å². The van der Waals surface area contributed by atoms with Gasteiger partial charge in [0.25, 0.3) is 0 Å². The van der Waals surface area contributed by atoms with Crippen molar-refractivity contribution in [2.75, 3.05) is 0 Å². The van der Waals surface area contributed by atoms with Gasteiger partial charge in [-0.1, -0.05) is 24.3 Å². The summed E-state index contributed by atoms with van der Waals surface area (Å²) in [6.45, 7) is 0. The van der Waals surface area contributed by atoms with Crippen LogP contribution in [-0.4, -0.2) is 15.2 Å². The molecule has 0 N–H and O–H groups in total. The van der Waals surface area contributed by atoms with Crippen LogP contribution in [0.4, 0.5) is 0 Å². The summed E-state index contributed by atoms with van der Waals surface area (Å²) < 4.78 is 5.29. The van der Waals surface area contributed by atoms with Crippen molar-refractivity contribution >= 4 is 21.8 Å². The first-order valence-electron chi connectivity index (χ1n) is 5.97. The van der Waals surface area contributed by atoms with Crippen LogP contribution in [0, 0.1) is 0 Å². The number of hydrogen-bond acceptors (Lipinski definition) is 4. The zero-order chi connectivity index (χ0) is 12.7. The molecule has 0 saturated carbocycles. The lowest BCUT2D eigenvalue weighted by Gasteiger charge is -2.04. The van der Waals surface area contributed by atoms with Gasteiger partial charge in [-0.3, -0.25) is 0 Å². The van der Waals surface area contributed by atoms with Gasteiger partial charge in [-0.05, 0) is 24.3 Å². The van der Waals surface area contributed by atoms with E-state index in [0.29, 0.717) is 5.89 Å². The molecule has 4 aromatic rings. The number of nitrogens with zero attached hydrogens (tertiary/aromatic N) is 3. The Hall–Kier alpha value is -2.75. The molecule has 0 aliphatic rings. The van der Waals surface area contributed by atoms with E-state index in [1.54, 1.807) is 0 Å². The van der Waals surface area contributed by atoms with E-state index >= 15 is 0 Å². The third kappa shape index (κ3) is 1.57. The maximum absolute atomic E-state index is 5.29. The Morgan fingerprint density at radius 3 is 2.68 bits per heavy atom. The van der Waals surface area contributed by atoms with Crippen molar-refractivity contribution in [2.45, 2.75) is 0 Å². The van der Waals surface area contributed by atoms with Gasteiger partial charge in [-0.2, -0.15) is 0 Å². The topological polar surface area (TPSA) is 51.8 Å². The molecular formula is C15H9N3O. The maximum Gasteiger partial charge on any atom is 0.248 e. The van der Waals surface area contributed by atoms with Crippen LogP contribution in [0.3, 0.4) is 0 Å². The van der Waals surface area contributed by atoms with Crippen molar-refractivity contribution < 1.29 is 4.42 Å². The summed E-state index contributed by atoms with van der Waals surface area (Å²) in [5.74, 6) is 0.516. The van der Waals surface area contributed by atoms with Crippen LogP contribution in [0.25, 0.3) is 33.3 Å². The number of rotatable bonds is 1. The number of hydrogen-bond donors (Lipinski definition) is 0. The molecule has 0 fully saturated rings. The first-order chi connectivity index (χ1) is 9.42. The highest BCUT2D eigenvalue weighted by Gasteiger charge is 2.09. The van der Waals surface area contributed by atoms with Crippen molar-refractivity contribution in [3.63, 3.8) is 0 Å². The van der Waals surface area contributed by atoms with E-state index in [4.69, 9.17) is 4.42 Å². The summed E-state index contributed by atoms with van der Waals surface area (Å²) in [4.78, 5) is 4.66. The quantitative estimate of drug-likeness (QED) is 0.483. The molecule has 2 aromatic heterocycles. The number of fused-ring (bicyclic) bond motifs is 2. The van der Waals surface area contributed by atoms with Crippen LogP contribution in [0.2, 0.25) is 0 Å². The molecule has 0 amide bonds. The highest BCUT2D eigenvalue weighted by Crippen LogP contribution is 2.28. The van der Waals surface area contributed by atoms with Gasteiger partial charge in [-0.15, -0.1) is 10.2 Å². The summed E-state index contributed by atoms with van der Waals surface area (Å²) in [5, 5.41) is 9.82. The molecule has 0 atom stereocenters. The van der Waals surface area contributed by atoms with E-state index < -0.39 is 0 Å². The van der Waals surface area contributed by atoms with Crippen molar-refractivity contribution in [3.8, 4) is 11.5 Å². The van der Waals surface area contributed by atoms with Crippen LogP contribution < -0.4 is 0 Å². The zero-order valence-electron chi connectivity index (χ0n) is 9.95. The van der Waals surface area contributed by atoms with E-state index in [1.165, 1.54) is 6.39 Å². The smallest absolute Gasteiger partial charge is 0.248 e. The summed E-state index contributed by atoms with van der Waals surface area (Å²) in [6, 6.07) is 16.1. The molecule has 0 bridgehead atoms. The highest BCUT2D eigenvalue weighted by atomic mass is 16.4. The number of aromatic nitrogens is 3. The van der Waals surface area contributed by atoms with Crippen molar-refractivity contribution in [3.05, 3.63) is 54.9 Å². The predicted octanol–water partition coefficient (Wildman–Crippen LogP) is 3.44. The maximum atomic E-state index is 5.29. The normalized spacial score (nSPS) is 11.2. The fraction of sp³-hybridized carbons (Fsp3) is 0. The van der Waals surface area contributed by atoms with Gasteiger partial charge in [-0.25, -0.2) is 4.98 Å². The lowest BCUT2D eigenvalue weighted by atomic mass is 10.1. The molecule has 0 aliphatic carbocycles. The fourth-order valence-corrected chi connectivity index (χ4v) is 2.28. The lowest BCUT2D eigenvalue weighted by Crippen LogP contribution is -1.86. The van der Waals surface area contributed by atoms with Crippen LogP contribution in [-0.2, 0) is 0 Å². The number of pyridine rings is 1. The Labute approximate surface area is 108 Å². The number of benzene rings is 2. The van der Waals surface area contributed by atoms with Crippen LogP contribution >= 0.6 is 0 Å². The average Bonchev–Trinajstić information content (AvgIpc) is 2.98. The molecule has 2 heterocycles. The van der Waals surface area contributed by atoms with Crippen molar-refractivity contribution in [2.24, 2.45) is 0 Å². The minimum Gasteiger partial charge on any atom is -0.423 e. The molecule has 0 aliphatic heterocycles. The fourth-order valence-electron chi connectivity index (χ4n) is 2.28. The van der Waals surface area contributed by atoms with Crippen LogP contribution in [0.15, 0.2) is 59.3 Å². The Morgan fingerprint density at radius 1 is 0.895 bits per heavy atom. The first kappa shape index (κ1) is 10.2. The van der Waals surface area contributed by atoms with Gasteiger partial charge in [0.1, 0.15) is 0 Å². The molecule has 19 heavy (non-hydrogen) atoms. The summed E-state index contributed by atoms with van der Waals surface area (Å²) >= 11 is 0. The van der Waals surface area contributed by atoms with Gasteiger partial charge < -0.3 is 4.42 Å². The van der Waals surface area contributed by atoms with Gasteiger partial charge in [0.05, 0.1) is 11.0 Å². The van der Waals surface area contributed by atoms with E-state index in [1.807, 2.05) is 42.5 Å². The Balaban J connectivity index is 2.12. The molecule has 4 heteroatoms. The van der Waals surface area contributed by atoms with E-state index in [2.05, 4.69) is 21.2 Å². The molecule has 4 nitrogen and oxygen atoms in total. The lowest BCUT2D eigenvalue weighted by molar-refractivity contribution is 0.569. The molecule has 0 unspecified atom stereocenters. The Bertz CT molecular complexity index is 869. The molecule has 90 valence electrons. The van der Waals surface area contributed by atoms with E-state index in [9.17, 15) is 0 Å². The third-order valence-electron chi connectivity index (χ3n) is 3.15. The second kappa shape index (κ2) is 3.88. The predicted molar refractivity (Wildman–Crippen MR) is 72.5 cm³/mol. The van der Waals surface area contributed by atoms with Gasteiger partial charge in [0.2, 0.25) is 12.3 Å². The van der Waals surface area contributed by atoms with Crippen molar-refractivity contribution in [1.82, 2.24) is 15.2 Å². The average molecular weight is 247 g/mol.